The summed E-state index contributed by atoms with van der Waals surface area (Å²) in [6.07, 6.45) is 3.54. The first kappa shape index (κ1) is 14.5. The van der Waals surface area contributed by atoms with Crippen molar-refractivity contribution in [2.24, 2.45) is 11.8 Å². The zero-order chi connectivity index (χ0) is 13.1. The average molecular weight is 240 g/mol. The molecule has 3 heteroatoms. The SMILES string of the molecule is CCNC(C)(C)C(=O)NC1CC(C)CC(C)C1. The summed E-state index contributed by atoms with van der Waals surface area (Å²) >= 11 is 0. The normalized spacial score (nSPS) is 30.1. The second-order valence-electron chi connectivity index (χ2n) is 6.24. The Labute approximate surface area is 106 Å². The van der Waals surface area contributed by atoms with Crippen molar-refractivity contribution in [2.75, 3.05) is 6.54 Å². The molecule has 0 aromatic heterocycles. The largest absolute Gasteiger partial charge is 0.352 e. The molecule has 2 atom stereocenters. The van der Waals surface area contributed by atoms with Crippen LogP contribution in [0.2, 0.25) is 0 Å². The minimum absolute atomic E-state index is 0.130. The summed E-state index contributed by atoms with van der Waals surface area (Å²) in [7, 11) is 0. The fraction of sp³-hybridized carbons (Fsp3) is 0.929. The third kappa shape index (κ3) is 4.30. The van der Waals surface area contributed by atoms with Gasteiger partial charge in [0, 0.05) is 6.04 Å². The molecular formula is C14H28N2O. The summed E-state index contributed by atoms with van der Waals surface area (Å²) in [5, 5.41) is 6.42. The Balaban J connectivity index is 2.50. The minimum Gasteiger partial charge on any atom is -0.352 e. The maximum atomic E-state index is 12.2. The summed E-state index contributed by atoms with van der Waals surface area (Å²) in [6.45, 7) is 11.3. The number of amides is 1. The van der Waals surface area contributed by atoms with Gasteiger partial charge in [0.1, 0.15) is 0 Å². The van der Waals surface area contributed by atoms with E-state index < -0.39 is 5.54 Å². The molecule has 0 aromatic rings. The molecule has 0 aliphatic heterocycles. The van der Waals surface area contributed by atoms with Gasteiger partial charge in [0.2, 0.25) is 5.91 Å². The highest BCUT2D eigenvalue weighted by Gasteiger charge is 2.31. The van der Waals surface area contributed by atoms with Gasteiger partial charge in [0.25, 0.3) is 0 Å². The van der Waals surface area contributed by atoms with Crippen LogP contribution in [0.25, 0.3) is 0 Å². The molecule has 1 fully saturated rings. The van der Waals surface area contributed by atoms with E-state index >= 15 is 0 Å². The number of rotatable bonds is 4. The fourth-order valence-corrected chi connectivity index (χ4v) is 2.95. The second kappa shape index (κ2) is 5.85. The van der Waals surface area contributed by atoms with Crippen molar-refractivity contribution in [2.45, 2.75) is 65.5 Å². The fourth-order valence-electron chi connectivity index (χ4n) is 2.95. The molecule has 1 rings (SSSR count). The predicted molar refractivity (Wildman–Crippen MR) is 71.9 cm³/mol. The zero-order valence-electron chi connectivity index (χ0n) is 12.0. The van der Waals surface area contributed by atoms with Crippen molar-refractivity contribution >= 4 is 5.91 Å². The van der Waals surface area contributed by atoms with Crippen LogP contribution >= 0.6 is 0 Å². The summed E-state index contributed by atoms with van der Waals surface area (Å²) < 4.78 is 0. The maximum Gasteiger partial charge on any atom is 0.239 e. The van der Waals surface area contributed by atoms with E-state index in [0.29, 0.717) is 6.04 Å². The molecule has 17 heavy (non-hydrogen) atoms. The Morgan fingerprint density at radius 1 is 1.18 bits per heavy atom. The van der Waals surface area contributed by atoms with Gasteiger partial charge in [-0.3, -0.25) is 4.79 Å². The first-order valence-electron chi connectivity index (χ1n) is 6.91. The van der Waals surface area contributed by atoms with Gasteiger partial charge in [-0.05, 0) is 51.5 Å². The standard InChI is InChI=1S/C14H28N2O/c1-6-15-14(4,5)13(17)16-12-8-10(2)7-11(3)9-12/h10-12,15H,6-9H2,1-5H3,(H,16,17). The predicted octanol–water partition coefficient (Wildman–Crippen LogP) is 2.32. The third-order valence-corrected chi connectivity index (χ3v) is 3.70. The molecule has 100 valence electrons. The minimum atomic E-state index is -0.460. The Morgan fingerprint density at radius 2 is 1.71 bits per heavy atom. The van der Waals surface area contributed by atoms with Crippen LogP contribution in [0.3, 0.4) is 0 Å². The molecule has 2 N–H and O–H groups in total. The van der Waals surface area contributed by atoms with E-state index in [0.717, 1.165) is 31.2 Å². The Hall–Kier alpha value is -0.570. The summed E-state index contributed by atoms with van der Waals surface area (Å²) in [6, 6.07) is 0.360. The Kier molecular flexibility index (Phi) is 4.99. The molecule has 0 spiro atoms. The molecule has 2 unspecified atom stereocenters. The second-order valence-corrected chi connectivity index (χ2v) is 6.24. The van der Waals surface area contributed by atoms with Crippen molar-refractivity contribution < 1.29 is 4.79 Å². The number of hydrogen-bond donors (Lipinski definition) is 2. The molecule has 1 aliphatic rings. The number of carbonyl (C=O) groups is 1. The van der Waals surface area contributed by atoms with Gasteiger partial charge in [-0.1, -0.05) is 20.8 Å². The molecule has 0 bridgehead atoms. The van der Waals surface area contributed by atoms with E-state index in [2.05, 4.69) is 24.5 Å². The highest BCUT2D eigenvalue weighted by atomic mass is 16.2. The molecule has 0 saturated heterocycles. The van der Waals surface area contributed by atoms with Crippen LogP contribution in [-0.2, 0) is 4.79 Å². The molecule has 0 radical (unpaired) electrons. The van der Waals surface area contributed by atoms with Crippen LogP contribution in [0, 0.1) is 11.8 Å². The van der Waals surface area contributed by atoms with Crippen LogP contribution in [0.4, 0.5) is 0 Å². The lowest BCUT2D eigenvalue weighted by Crippen LogP contribution is -2.55. The van der Waals surface area contributed by atoms with Gasteiger partial charge in [0.15, 0.2) is 0 Å². The number of hydrogen-bond acceptors (Lipinski definition) is 2. The van der Waals surface area contributed by atoms with Gasteiger partial charge >= 0.3 is 0 Å². The lowest BCUT2D eigenvalue weighted by atomic mass is 9.80. The first-order valence-corrected chi connectivity index (χ1v) is 6.91. The topological polar surface area (TPSA) is 41.1 Å². The van der Waals surface area contributed by atoms with E-state index in [1.54, 1.807) is 0 Å². The van der Waals surface area contributed by atoms with E-state index in [4.69, 9.17) is 0 Å². The van der Waals surface area contributed by atoms with Crippen molar-refractivity contribution in [1.29, 1.82) is 0 Å². The van der Waals surface area contributed by atoms with Gasteiger partial charge in [-0.2, -0.15) is 0 Å². The lowest BCUT2D eigenvalue weighted by molar-refractivity contribution is -0.127. The van der Waals surface area contributed by atoms with Crippen LogP contribution in [0.1, 0.15) is 53.9 Å². The Bertz CT molecular complexity index is 253. The molecular weight excluding hydrogens is 212 g/mol. The molecule has 0 aromatic carbocycles. The molecule has 1 saturated carbocycles. The van der Waals surface area contributed by atoms with Crippen molar-refractivity contribution in [3.8, 4) is 0 Å². The van der Waals surface area contributed by atoms with Crippen molar-refractivity contribution in [3.63, 3.8) is 0 Å². The highest BCUT2D eigenvalue weighted by Crippen LogP contribution is 2.28. The zero-order valence-corrected chi connectivity index (χ0v) is 12.0. The van der Waals surface area contributed by atoms with Crippen LogP contribution in [-0.4, -0.2) is 24.0 Å². The van der Waals surface area contributed by atoms with Gasteiger partial charge in [-0.25, -0.2) is 0 Å². The van der Waals surface area contributed by atoms with E-state index in [1.807, 2.05) is 20.8 Å². The lowest BCUT2D eigenvalue weighted by Gasteiger charge is -2.34. The molecule has 1 aliphatic carbocycles. The smallest absolute Gasteiger partial charge is 0.239 e. The highest BCUT2D eigenvalue weighted by molar-refractivity contribution is 5.85. The van der Waals surface area contributed by atoms with E-state index in [1.165, 1.54) is 6.42 Å². The van der Waals surface area contributed by atoms with Crippen LogP contribution in [0.5, 0.6) is 0 Å². The average Bonchev–Trinajstić information content (AvgIpc) is 2.15. The van der Waals surface area contributed by atoms with Gasteiger partial charge in [-0.15, -0.1) is 0 Å². The summed E-state index contributed by atoms with van der Waals surface area (Å²) in [5.41, 5.74) is -0.460. The van der Waals surface area contributed by atoms with Crippen LogP contribution in [0.15, 0.2) is 0 Å². The summed E-state index contributed by atoms with van der Waals surface area (Å²) in [4.78, 5) is 12.2. The van der Waals surface area contributed by atoms with Crippen molar-refractivity contribution in [3.05, 3.63) is 0 Å². The third-order valence-electron chi connectivity index (χ3n) is 3.70. The maximum absolute atomic E-state index is 12.2. The van der Waals surface area contributed by atoms with Gasteiger partial charge < -0.3 is 10.6 Å². The van der Waals surface area contributed by atoms with Gasteiger partial charge in [0.05, 0.1) is 5.54 Å². The number of likely N-dealkylation sites (N-methyl/N-ethyl adjacent to an activating group) is 1. The van der Waals surface area contributed by atoms with Crippen molar-refractivity contribution in [1.82, 2.24) is 10.6 Å². The first-order chi connectivity index (χ1) is 7.85. The van der Waals surface area contributed by atoms with E-state index in [-0.39, 0.29) is 5.91 Å². The van der Waals surface area contributed by atoms with E-state index in [9.17, 15) is 4.79 Å². The number of nitrogens with one attached hydrogen (secondary N) is 2. The molecule has 1 amide bonds. The Morgan fingerprint density at radius 3 is 2.18 bits per heavy atom. The molecule has 3 nitrogen and oxygen atoms in total. The monoisotopic (exact) mass is 240 g/mol. The quantitative estimate of drug-likeness (QED) is 0.792. The molecule has 0 heterocycles. The van der Waals surface area contributed by atoms with Crippen LogP contribution < -0.4 is 10.6 Å². The number of carbonyl (C=O) groups excluding carboxylic acids is 1. The summed E-state index contributed by atoms with van der Waals surface area (Å²) in [5.74, 6) is 1.59.